The standard InChI is InChI=1S/C7H5F3N2O2/c1-14-6(13)5-4(7(8,9)10)2-3-11-12-5/h2-3H,1H3. The van der Waals surface area contributed by atoms with Crippen molar-refractivity contribution < 1.29 is 22.7 Å². The Morgan fingerprint density at radius 1 is 1.50 bits per heavy atom. The van der Waals surface area contributed by atoms with Gasteiger partial charge in [-0.1, -0.05) is 0 Å². The van der Waals surface area contributed by atoms with Gasteiger partial charge in [-0.3, -0.25) is 0 Å². The van der Waals surface area contributed by atoms with Gasteiger partial charge in [-0.2, -0.15) is 18.3 Å². The number of hydrogen-bond acceptors (Lipinski definition) is 4. The zero-order valence-electron chi connectivity index (χ0n) is 7.00. The van der Waals surface area contributed by atoms with Gasteiger partial charge in [0.15, 0.2) is 5.69 Å². The van der Waals surface area contributed by atoms with Crippen LogP contribution in [0.1, 0.15) is 16.1 Å². The molecule has 0 amide bonds. The Kier molecular flexibility index (Phi) is 2.68. The quantitative estimate of drug-likeness (QED) is 0.649. The van der Waals surface area contributed by atoms with E-state index < -0.39 is 23.4 Å². The third-order valence-corrected chi connectivity index (χ3v) is 1.40. The van der Waals surface area contributed by atoms with E-state index in [1.807, 2.05) is 0 Å². The molecule has 0 aromatic carbocycles. The van der Waals surface area contributed by atoms with Gasteiger partial charge < -0.3 is 4.74 Å². The molecular weight excluding hydrogens is 201 g/mol. The van der Waals surface area contributed by atoms with E-state index in [9.17, 15) is 18.0 Å². The van der Waals surface area contributed by atoms with Gasteiger partial charge >= 0.3 is 12.1 Å². The van der Waals surface area contributed by atoms with Crippen LogP contribution in [-0.2, 0) is 10.9 Å². The summed E-state index contributed by atoms with van der Waals surface area (Å²) in [6.07, 6.45) is -3.78. The van der Waals surface area contributed by atoms with Crippen LogP contribution < -0.4 is 0 Å². The molecular formula is C7H5F3N2O2. The van der Waals surface area contributed by atoms with Crippen LogP contribution in [0.5, 0.6) is 0 Å². The summed E-state index contributed by atoms with van der Waals surface area (Å²) in [6, 6.07) is 0.666. The summed E-state index contributed by atoms with van der Waals surface area (Å²) >= 11 is 0. The molecule has 0 radical (unpaired) electrons. The molecule has 1 aromatic heterocycles. The fraction of sp³-hybridized carbons (Fsp3) is 0.286. The van der Waals surface area contributed by atoms with Crippen LogP contribution in [0.15, 0.2) is 12.3 Å². The van der Waals surface area contributed by atoms with Crippen molar-refractivity contribution in [3.05, 3.63) is 23.5 Å². The summed E-state index contributed by atoms with van der Waals surface area (Å²) in [5, 5.41) is 6.25. The molecule has 14 heavy (non-hydrogen) atoms. The van der Waals surface area contributed by atoms with E-state index in [0.29, 0.717) is 6.07 Å². The van der Waals surface area contributed by atoms with E-state index in [-0.39, 0.29) is 0 Å². The summed E-state index contributed by atoms with van der Waals surface area (Å²) in [7, 11) is 0.969. The maximum atomic E-state index is 12.3. The molecule has 0 unspecified atom stereocenters. The smallest absolute Gasteiger partial charge is 0.418 e. The molecule has 0 atom stereocenters. The number of aromatic nitrogens is 2. The van der Waals surface area contributed by atoms with Crippen molar-refractivity contribution in [2.75, 3.05) is 7.11 Å². The Balaban J connectivity index is 3.23. The predicted octanol–water partition coefficient (Wildman–Crippen LogP) is 1.28. The summed E-state index contributed by atoms with van der Waals surface area (Å²) in [5.41, 5.74) is -1.98. The lowest BCUT2D eigenvalue weighted by Crippen LogP contribution is -2.16. The lowest BCUT2D eigenvalue weighted by atomic mass is 10.2. The Bertz CT molecular complexity index is 351. The topological polar surface area (TPSA) is 52.1 Å². The second-order valence-corrected chi connectivity index (χ2v) is 2.28. The van der Waals surface area contributed by atoms with E-state index in [2.05, 4.69) is 14.9 Å². The molecule has 0 aliphatic carbocycles. The number of hydrogen-bond donors (Lipinski definition) is 0. The average molecular weight is 206 g/mol. The average Bonchev–Trinajstić information content (AvgIpc) is 2.15. The van der Waals surface area contributed by atoms with Gasteiger partial charge in [0.2, 0.25) is 0 Å². The molecule has 0 aliphatic heterocycles. The third kappa shape index (κ3) is 1.98. The molecule has 0 aliphatic rings. The molecule has 4 nitrogen and oxygen atoms in total. The molecule has 0 saturated carbocycles. The molecule has 1 rings (SSSR count). The Hall–Kier alpha value is -1.66. The van der Waals surface area contributed by atoms with Gasteiger partial charge in [-0.05, 0) is 6.07 Å². The maximum Gasteiger partial charge on any atom is 0.418 e. The van der Waals surface area contributed by atoms with Gasteiger partial charge in [-0.25, -0.2) is 4.79 Å². The van der Waals surface area contributed by atoms with E-state index in [0.717, 1.165) is 13.3 Å². The van der Waals surface area contributed by atoms with Crippen LogP contribution in [0.3, 0.4) is 0 Å². The minimum atomic E-state index is -4.64. The largest absolute Gasteiger partial charge is 0.464 e. The van der Waals surface area contributed by atoms with E-state index in [4.69, 9.17) is 0 Å². The fourth-order valence-corrected chi connectivity index (χ4v) is 0.808. The molecule has 0 saturated heterocycles. The van der Waals surface area contributed by atoms with Crippen molar-refractivity contribution in [3.63, 3.8) is 0 Å². The third-order valence-electron chi connectivity index (χ3n) is 1.40. The number of alkyl halides is 3. The van der Waals surface area contributed by atoms with Crippen LogP contribution in [0, 0.1) is 0 Å². The minimum Gasteiger partial charge on any atom is -0.464 e. The normalized spacial score (nSPS) is 11.1. The number of rotatable bonds is 1. The van der Waals surface area contributed by atoms with Gasteiger partial charge in [-0.15, -0.1) is 5.10 Å². The number of nitrogens with zero attached hydrogens (tertiary/aromatic N) is 2. The SMILES string of the molecule is COC(=O)c1nnccc1C(F)(F)F. The summed E-state index contributed by atoms with van der Waals surface area (Å²) in [4.78, 5) is 10.9. The van der Waals surface area contributed by atoms with E-state index in [1.165, 1.54) is 0 Å². The predicted molar refractivity (Wildman–Crippen MR) is 38.4 cm³/mol. The van der Waals surface area contributed by atoms with Crippen molar-refractivity contribution in [1.82, 2.24) is 10.2 Å². The summed E-state index contributed by atoms with van der Waals surface area (Å²) < 4.78 is 40.9. The second-order valence-electron chi connectivity index (χ2n) is 2.28. The lowest BCUT2D eigenvalue weighted by Gasteiger charge is -2.08. The van der Waals surface area contributed by atoms with E-state index in [1.54, 1.807) is 0 Å². The first kappa shape index (κ1) is 10.4. The minimum absolute atomic E-state index is 0.666. The summed E-state index contributed by atoms with van der Waals surface area (Å²) in [6.45, 7) is 0. The fourth-order valence-electron chi connectivity index (χ4n) is 0.808. The Morgan fingerprint density at radius 3 is 2.64 bits per heavy atom. The van der Waals surface area contributed by atoms with Gasteiger partial charge in [0.05, 0.1) is 18.9 Å². The van der Waals surface area contributed by atoms with Crippen LogP contribution in [-0.4, -0.2) is 23.3 Å². The van der Waals surface area contributed by atoms with Crippen molar-refractivity contribution in [3.8, 4) is 0 Å². The monoisotopic (exact) mass is 206 g/mol. The highest BCUT2D eigenvalue weighted by atomic mass is 19.4. The number of carbonyl (C=O) groups excluding carboxylic acids is 1. The zero-order valence-corrected chi connectivity index (χ0v) is 7.00. The first-order valence-electron chi connectivity index (χ1n) is 3.44. The van der Waals surface area contributed by atoms with Crippen molar-refractivity contribution in [2.45, 2.75) is 6.18 Å². The molecule has 7 heteroatoms. The Labute approximate surface area is 76.7 Å². The number of ether oxygens (including phenoxy) is 1. The van der Waals surface area contributed by atoms with Crippen LogP contribution in [0.4, 0.5) is 13.2 Å². The molecule has 0 N–H and O–H groups in total. The molecule has 1 heterocycles. The maximum absolute atomic E-state index is 12.3. The first-order valence-corrected chi connectivity index (χ1v) is 3.44. The molecule has 0 fully saturated rings. The van der Waals surface area contributed by atoms with Crippen LogP contribution in [0.2, 0.25) is 0 Å². The Morgan fingerprint density at radius 2 is 2.14 bits per heavy atom. The van der Waals surface area contributed by atoms with Crippen LogP contribution in [0.25, 0.3) is 0 Å². The van der Waals surface area contributed by atoms with Gasteiger partial charge in [0.1, 0.15) is 0 Å². The number of esters is 1. The second kappa shape index (κ2) is 3.60. The molecule has 1 aromatic rings. The van der Waals surface area contributed by atoms with Crippen molar-refractivity contribution in [2.24, 2.45) is 0 Å². The van der Waals surface area contributed by atoms with Crippen molar-refractivity contribution >= 4 is 5.97 Å². The molecule has 0 bridgehead atoms. The number of halogens is 3. The van der Waals surface area contributed by atoms with Crippen LogP contribution >= 0.6 is 0 Å². The first-order chi connectivity index (χ1) is 6.46. The summed E-state index contributed by atoms with van der Waals surface area (Å²) in [5.74, 6) is -1.16. The number of carbonyl (C=O) groups is 1. The van der Waals surface area contributed by atoms with Gasteiger partial charge in [0.25, 0.3) is 0 Å². The van der Waals surface area contributed by atoms with E-state index >= 15 is 0 Å². The van der Waals surface area contributed by atoms with Crippen molar-refractivity contribution in [1.29, 1.82) is 0 Å². The van der Waals surface area contributed by atoms with Gasteiger partial charge in [0, 0.05) is 0 Å². The molecule has 0 spiro atoms. The highest BCUT2D eigenvalue weighted by Gasteiger charge is 2.36. The molecule has 76 valence electrons. The highest BCUT2D eigenvalue weighted by molar-refractivity contribution is 5.88. The highest BCUT2D eigenvalue weighted by Crippen LogP contribution is 2.30. The lowest BCUT2D eigenvalue weighted by molar-refractivity contribution is -0.138. The zero-order chi connectivity index (χ0) is 10.8. The number of methoxy groups -OCH3 is 1.